The molecule has 0 aliphatic rings. The summed E-state index contributed by atoms with van der Waals surface area (Å²) in [5, 5.41) is 1.35. The molecule has 0 amide bonds. The van der Waals surface area contributed by atoms with Crippen LogP contribution >= 0.6 is 0 Å². The smallest absolute Gasteiger partial charge is 0.379 e. The Bertz CT molecular complexity index is 1630. The molecule has 0 fully saturated rings. The zero-order valence-corrected chi connectivity index (χ0v) is 19.1. The molecule has 0 atom stereocenters. The zero-order valence-electron chi connectivity index (χ0n) is 19.1. The lowest BCUT2D eigenvalue weighted by atomic mass is 10.0. The van der Waals surface area contributed by atoms with Crippen LogP contribution in [0.2, 0.25) is 0 Å². The fourth-order valence-corrected chi connectivity index (χ4v) is 3.82. The molecule has 5 aromatic rings. The van der Waals surface area contributed by atoms with E-state index in [9.17, 15) is 9.59 Å². The topological polar surface area (TPSA) is 97.3 Å². The minimum Gasteiger partial charge on any atom is -0.497 e. The van der Waals surface area contributed by atoms with Gasteiger partial charge in [0.2, 0.25) is 5.76 Å². The van der Waals surface area contributed by atoms with Crippen LogP contribution in [-0.4, -0.2) is 27.3 Å². The first-order chi connectivity index (χ1) is 17.0. The number of hydrogen-bond acceptors (Lipinski definition) is 8. The summed E-state index contributed by atoms with van der Waals surface area (Å²) in [5.74, 6) is 1.12. The monoisotopic (exact) mass is 472 g/mol. The highest BCUT2D eigenvalue weighted by Gasteiger charge is 2.18. The van der Waals surface area contributed by atoms with E-state index >= 15 is 0 Å². The van der Waals surface area contributed by atoms with Crippen molar-refractivity contribution in [3.8, 4) is 34.1 Å². The summed E-state index contributed by atoms with van der Waals surface area (Å²) in [6.45, 7) is 0. The summed E-state index contributed by atoms with van der Waals surface area (Å²) in [7, 11) is 4.58. The molecule has 0 aliphatic carbocycles. The SMILES string of the molecule is COc1ccc(OC)c(-c2cc3ccc(OC(=O)c4cc5cccc(OC)c5o4)cc3oc2=O)c1. The largest absolute Gasteiger partial charge is 0.497 e. The van der Waals surface area contributed by atoms with Gasteiger partial charge in [0.1, 0.15) is 22.8 Å². The van der Waals surface area contributed by atoms with Gasteiger partial charge in [-0.3, -0.25) is 0 Å². The summed E-state index contributed by atoms with van der Waals surface area (Å²) in [6, 6.07) is 18.5. The molecule has 0 aliphatic heterocycles. The van der Waals surface area contributed by atoms with E-state index in [-0.39, 0.29) is 17.1 Å². The Morgan fingerprint density at radius 1 is 0.714 bits per heavy atom. The number of rotatable bonds is 6. The van der Waals surface area contributed by atoms with Gasteiger partial charge in [0.05, 0.1) is 26.9 Å². The van der Waals surface area contributed by atoms with Crippen molar-refractivity contribution >= 4 is 27.9 Å². The molecule has 0 spiro atoms. The summed E-state index contributed by atoms with van der Waals surface area (Å²) < 4.78 is 32.6. The lowest BCUT2D eigenvalue weighted by molar-refractivity contribution is 0.0704. The number of para-hydroxylation sites is 1. The molecule has 35 heavy (non-hydrogen) atoms. The van der Waals surface area contributed by atoms with Crippen LogP contribution in [0, 0.1) is 0 Å². The number of carbonyl (C=O) groups is 1. The lowest BCUT2D eigenvalue weighted by Crippen LogP contribution is -2.07. The highest BCUT2D eigenvalue weighted by atomic mass is 16.5. The van der Waals surface area contributed by atoms with E-state index in [1.54, 1.807) is 67.8 Å². The van der Waals surface area contributed by atoms with Gasteiger partial charge in [-0.05, 0) is 48.5 Å². The van der Waals surface area contributed by atoms with Gasteiger partial charge in [0.15, 0.2) is 11.3 Å². The molecule has 3 aromatic carbocycles. The standard InChI is InChI=1S/C27H20O8/c1-30-17-9-10-21(31-2)19(13-17)20-11-15-7-8-18(14-23(15)35-26(20)28)33-27(29)24-12-16-5-4-6-22(32-3)25(16)34-24/h4-14H,1-3H3. The Morgan fingerprint density at radius 3 is 2.29 bits per heavy atom. The molecule has 2 aromatic heterocycles. The van der Waals surface area contributed by atoms with Gasteiger partial charge in [-0.2, -0.15) is 0 Å². The zero-order chi connectivity index (χ0) is 24.5. The molecule has 0 N–H and O–H groups in total. The van der Waals surface area contributed by atoms with Gasteiger partial charge in [-0.1, -0.05) is 12.1 Å². The van der Waals surface area contributed by atoms with Crippen molar-refractivity contribution in [2.45, 2.75) is 0 Å². The second-order valence-electron chi connectivity index (χ2n) is 7.59. The van der Waals surface area contributed by atoms with Crippen LogP contribution in [0.3, 0.4) is 0 Å². The fourth-order valence-electron chi connectivity index (χ4n) is 3.82. The van der Waals surface area contributed by atoms with E-state index in [1.165, 1.54) is 20.3 Å². The third-order valence-electron chi connectivity index (χ3n) is 5.54. The minimum atomic E-state index is -0.692. The summed E-state index contributed by atoms with van der Waals surface area (Å²) in [5.41, 5.74) is 0.994. The Hall–Kier alpha value is -4.72. The lowest BCUT2D eigenvalue weighted by Gasteiger charge is -2.10. The maximum Gasteiger partial charge on any atom is 0.379 e. The first-order valence-corrected chi connectivity index (χ1v) is 10.6. The van der Waals surface area contributed by atoms with Crippen molar-refractivity contribution < 1.29 is 32.6 Å². The van der Waals surface area contributed by atoms with Crippen LogP contribution in [0.4, 0.5) is 0 Å². The van der Waals surface area contributed by atoms with E-state index in [4.69, 9.17) is 27.8 Å². The van der Waals surface area contributed by atoms with Crippen LogP contribution in [0.25, 0.3) is 33.1 Å². The summed E-state index contributed by atoms with van der Waals surface area (Å²) in [6.07, 6.45) is 0. The van der Waals surface area contributed by atoms with Gasteiger partial charge in [-0.25, -0.2) is 9.59 Å². The third-order valence-corrected chi connectivity index (χ3v) is 5.54. The van der Waals surface area contributed by atoms with E-state index in [0.717, 1.165) is 0 Å². The van der Waals surface area contributed by atoms with Gasteiger partial charge < -0.3 is 27.8 Å². The molecule has 0 saturated carbocycles. The number of esters is 1. The molecule has 8 heteroatoms. The molecule has 0 radical (unpaired) electrons. The molecular weight excluding hydrogens is 452 g/mol. The van der Waals surface area contributed by atoms with Crippen LogP contribution < -0.4 is 24.6 Å². The van der Waals surface area contributed by atoms with E-state index < -0.39 is 11.6 Å². The number of fused-ring (bicyclic) bond motifs is 2. The van der Waals surface area contributed by atoms with E-state index in [0.29, 0.717) is 44.7 Å². The van der Waals surface area contributed by atoms with Crippen molar-refractivity contribution in [3.63, 3.8) is 0 Å². The van der Waals surface area contributed by atoms with Gasteiger partial charge in [0.25, 0.3) is 0 Å². The van der Waals surface area contributed by atoms with Crippen LogP contribution in [0.1, 0.15) is 10.6 Å². The molecule has 0 unspecified atom stereocenters. The number of carbonyl (C=O) groups excluding carboxylic acids is 1. The Kier molecular flexibility index (Phi) is 5.62. The molecular formula is C27H20O8. The molecule has 0 saturated heterocycles. The number of furan rings is 1. The Balaban J connectivity index is 1.47. The highest BCUT2D eigenvalue weighted by molar-refractivity contribution is 5.95. The summed E-state index contributed by atoms with van der Waals surface area (Å²) in [4.78, 5) is 25.5. The Labute approximate surface area is 199 Å². The molecule has 2 heterocycles. The van der Waals surface area contributed by atoms with Gasteiger partial charge >= 0.3 is 11.6 Å². The number of methoxy groups -OCH3 is 3. The van der Waals surface area contributed by atoms with Gasteiger partial charge in [0, 0.05) is 22.4 Å². The van der Waals surface area contributed by atoms with E-state index in [2.05, 4.69) is 0 Å². The van der Waals surface area contributed by atoms with Crippen molar-refractivity contribution in [3.05, 3.63) is 82.9 Å². The average Bonchev–Trinajstić information content (AvgIpc) is 3.33. The predicted octanol–water partition coefficient (Wildman–Crippen LogP) is 5.45. The van der Waals surface area contributed by atoms with E-state index in [1.807, 2.05) is 0 Å². The second-order valence-corrected chi connectivity index (χ2v) is 7.59. The van der Waals surface area contributed by atoms with Crippen molar-refractivity contribution in [1.29, 1.82) is 0 Å². The highest BCUT2D eigenvalue weighted by Crippen LogP contribution is 2.34. The second kappa shape index (κ2) is 8.90. The van der Waals surface area contributed by atoms with Gasteiger partial charge in [-0.15, -0.1) is 0 Å². The first kappa shape index (κ1) is 22.1. The number of hydrogen-bond donors (Lipinski definition) is 0. The Morgan fingerprint density at radius 2 is 1.51 bits per heavy atom. The molecule has 176 valence electrons. The first-order valence-electron chi connectivity index (χ1n) is 10.6. The minimum absolute atomic E-state index is 0.0199. The maximum atomic E-state index is 12.8. The van der Waals surface area contributed by atoms with Crippen LogP contribution in [0.5, 0.6) is 23.0 Å². The van der Waals surface area contributed by atoms with Crippen molar-refractivity contribution in [2.24, 2.45) is 0 Å². The van der Waals surface area contributed by atoms with Crippen molar-refractivity contribution in [1.82, 2.24) is 0 Å². The normalized spacial score (nSPS) is 10.9. The van der Waals surface area contributed by atoms with Crippen molar-refractivity contribution in [2.75, 3.05) is 21.3 Å². The molecule has 5 rings (SSSR count). The third kappa shape index (κ3) is 4.06. The average molecular weight is 472 g/mol. The maximum absolute atomic E-state index is 12.8. The fraction of sp³-hybridized carbons (Fsp3) is 0.111. The molecule has 8 nitrogen and oxygen atoms in total. The number of ether oxygens (including phenoxy) is 4. The van der Waals surface area contributed by atoms with Crippen LogP contribution in [-0.2, 0) is 0 Å². The van der Waals surface area contributed by atoms with Crippen LogP contribution in [0.15, 0.2) is 80.4 Å². The quantitative estimate of drug-likeness (QED) is 0.183. The molecule has 0 bridgehead atoms. The summed E-state index contributed by atoms with van der Waals surface area (Å²) >= 11 is 0. The predicted molar refractivity (Wildman–Crippen MR) is 129 cm³/mol. The number of benzene rings is 3.